The SMILES string of the molecule is Nc1nc(Br)c(CCc2cccc(F)c2)[nH]1. The Hall–Kier alpha value is -1.36. The topological polar surface area (TPSA) is 54.7 Å². The molecule has 2 rings (SSSR count). The summed E-state index contributed by atoms with van der Waals surface area (Å²) in [6, 6.07) is 6.58. The molecule has 84 valence electrons. The summed E-state index contributed by atoms with van der Waals surface area (Å²) in [5.41, 5.74) is 7.41. The van der Waals surface area contributed by atoms with Gasteiger partial charge >= 0.3 is 0 Å². The van der Waals surface area contributed by atoms with E-state index in [1.165, 1.54) is 12.1 Å². The van der Waals surface area contributed by atoms with Crippen molar-refractivity contribution in [1.82, 2.24) is 9.97 Å². The van der Waals surface area contributed by atoms with Gasteiger partial charge in [-0.15, -0.1) is 0 Å². The molecule has 0 atom stereocenters. The number of nitrogens with zero attached hydrogens (tertiary/aromatic N) is 1. The molecule has 2 aromatic rings. The minimum Gasteiger partial charge on any atom is -0.369 e. The fraction of sp³-hybridized carbons (Fsp3) is 0.182. The largest absolute Gasteiger partial charge is 0.369 e. The van der Waals surface area contributed by atoms with Crippen LogP contribution in [0.25, 0.3) is 0 Å². The van der Waals surface area contributed by atoms with E-state index >= 15 is 0 Å². The Morgan fingerprint density at radius 1 is 1.38 bits per heavy atom. The van der Waals surface area contributed by atoms with Crippen molar-refractivity contribution < 1.29 is 4.39 Å². The summed E-state index contributed by atoms with van der Waals surface area (Å²) in [5.74, 6) is 0.182. The molecule has 0 spiro atoms. The maximum absolute atomic E-state index is 12.9. The van der Waals surface area contributed by atoms with Crippen molar-refractivity contribution in [3.05, 3.63) is 45.9 Å². The second-order valence-electron chi connectivity index (χ2n) is 3.52. The van der Waals surface area contributed by atoms with Gasteiger partial charge in [-0.1, -0.05) is 12.1 Å². The summed E-state index contributed by atoms with van der Waals surface area (Å²) in [6.45, 7) is 0. The molecule has 0 unspecified atom stereocenters. The third-order valence-electron chi connectivity index (χ3n) is 2.30. The highest BCUT2D eigenvalue weighted by Crippen LogP contribution is 2.17. The average Bonchev–Trinajstić information content (AvgIpc) is 2.54. The molecule has 0 fully saturated rings. The number of hydrogen-bond donors (Lipinski definition) is 2. The zero-order valence-corrected chi connectivity index (χ0v) is 10.1. The molecule has 0 saturated carbocycles. The van der Waals surface area contributed by atoms with Crippen molar-refractivity contribution in [2.24, 2.45) is 0 Å². The lowest BCUT2D eigenvalue weighted by atomic mass is 10.1. The molecule has 0 aliphatic heterocycles. The standard InChI is InChI=1S/C11H11BrFN3/c12-10-9(15-11(14)16-10)5-4-7-2-1-3-8(13)6-7/h1-3,6H,4-5H2,(H3,14,15,16). The van der Waals surface area contributed by atoms with Gasteiger partial charge in [-0.05, 0) is 46.5 Å². The number of aromatic nitrogens is 2. The van der Waals surface area contributed by atoms with Gasteiger partial charge in [0.25, 0.3) is 0 Å². The first-order valence-electron chi connectivity index (χ1n) is 4.89. The van der Waals surface area contributed by atoms with E-state index in [-0.39, 0.29) is 5.82 Å². The van der Waals surface area contributed by atoms with Crippen molar-refractivity contribution in [2.75, 3.05) is 5.73 Å². The van der Waals surface area contributed by atoms with Gasteiger partial charge in [-0.2, -0.15) is 0 Å². The van der Waals surface area contributed by atoms with Gasteiger partial charge in [0.2, 0.25) is 0 Å². The third-order valence-corrected chi connectivity index (χ3v) is 2.96. The van der Waals surface area contributed by atoms with Gasteiger partial charge in [0.05, 0.1) is 5.69 Å². The van der Waals surface area contributed by atoms with Crippen molar-refractivity contribution >= 4 is 21.9 Å². The lowest BCUT2D eigenvalue weighted by Gasteiger charge is -2.00. The number of imidazole rings is 1. The van der Waals surface area contributed by atoms with Crippen LogP contribution >= 0.6 is 15.9 Å². The second kappa shape index (κ2) is 4.65. The Kier molecular flexibility index (Phi) is 3.24. The van der Waals surface area contributed by atoms with Gasteiger partial charge < -0.3 is 10.7 Å². The van der Waals surface area contributed by atoms with E-state index in [0.717, 1.165) is 28.7 Å². The van der Waals surface area contributed by atoms with Crippen LogP contribution < -0.4 is 5.73 Å². The molecule has 0 aliphatic rings. The zero-order chi connectivity index (χ0) is 11.5. The molecule has 0 radical (unpaired) electrons. The van der Waals surface area contributed by atoms with Crippen molar-refractivity contribution in [3.63, 3.8) is 0 Å². The van der Waals surface area contributed by atoms with Gasteiger partial charge in [-0.25, -0.2) is 9.37 Å². The van der Waals surface area contributed by atoms with Crippen LogP contribution in [0.3, 0.4) is 0 Å². The molecular weight excluding hydrogens is 273 g/mol. The van der Waals surface area contributed by atoms with Crippen LogP contribution in [-0.4, -0.2) is 9.97 Å². The van der Waals surface area contributed by atoms with E-state index in [1.807, 2.05) is 6.07 Å². The minimum atomic E-state index is -0.208. The second-order valence-corrected chi connectivity index (χ2v) is 4.27. The highest BCUT2D eigenvalue weighted by atomic mass is 79.9. The van der Waals surface area contributed by atoms with Crippen LogP contribution in [0.15, 0.2) is 28.9 Å². The van der Waals surface area contributed by atoms with Crippen LogP contribution in [-0.2, 0) is 12.8 Å². The minimum absolute atomic E-state index is 0.208. The molecule has 16 heavy (non-hydrogen) atoms. The Labute approximate surface area is 101 Å². The predicted octanol–water partition coefficient (Wildman–Crippen LogP) is 2.68. The summed E-state index contributed by atoms with van der Waals surface area (Å²) in [6.07, 6.45) is 1.49. The molecule has 0 aliphatic carbocycles. The Morgan fingerprint density at radius 3 is 2.81 bits per heavy atom. The van der Waals surface area contributed by atoms with E-state index in [1.54, 1.807) is 6.07 Å². The molecule has 1 aromatic heterocycles. The van der Waals surface area contributed by atoms with Gasteiger partial charge in [0, 0.05) is 0 Å². The van der Waals surface area contributed by atoms with Crippen LogP contribution in [0.1, 0.15) is 11.3 Å². The Morgan fingerprint density at radius 2 is 2.19 bits per heavy atom. The number of rotatable bonds is 3. The van der Waals surface area contributed by atoms with E-state index in [2.05, 4.69) is 25.9 Å². The highest BCUT2D eigenvalue weighted by Gasteiger charge is 2.05. The number of halogens is 2. The van der Waals surface area contributed by atoms with E-state index < -0.39 is 0 Å². The van der Waals surface area contributed by atoms with Gasteiger partial charge in [0.1, 0.15) is 10.4 Å². The van der Waals surface area contributed by atoms with E-state index in [9.17, 15) is 4.39 Å². The van der Waals surface area contributed by atoms with Crippen LogP contribution in [0.2, 0.25) is 0 Å². The number of anilines is 1. The van der Waals surface area contributed by atoms with Crippen LogP contribution in [0, 0.1) is 5.82 Å². The van der Waals surface area contributed by atoms with Crippen molar-refractivity contribution in [2.45, 2.75) is 12.8 Å². The lowest BCUT2D eigenvalue weighted by molar-refractivity contribution is 0.625. The summed E-state index contributed by atoms with van der Waals surface area (Å²) in [4.78, 5) is 6.96. The van der Waals surface area contributed by atoms with Crippen molar-refractivity contribution in [3.8, 4) is 0 Å². The quantitative estimate of drug-likeness (QED) is 0.910. The highest BCUT2D eigenvalue weighted by molar-refractivity contribution is 9.10. The zero-order valence-electron chi connectivity index (χ0n) is 8.50. The van der Waals surface area contributed by atoms with Crippen LogP contribution in [0.5, 0.6) is 0 Å². The van der Waals surface area contributed by atoms with Gasteiger partial charge in [0.15, 0.2) is 5.95 Å². The maximum atomic E-state index is 12.9. The average molecular weight is 284 g/mol. The number of aromatic amines is 1. The molecule has 0 bridgehead atoms. The third kappa shape index (κ3) is 2.61. The first kappa shape index (κ1) is 11.1. The first-order chi connectivity index (χ1) is 7.65. The smallest absolute Gasteiger partial charge is 0.198 e. The molecule has 0 saturated heterocycles. The predicted molar refractivity (Wildman–Crippen MR) is 64.5 cm³/mol. The maximum Gasteiger partial charge on any atom is 0.198 e. The number of nitrogen functional groups attached to an aromatic ring is 1. The Balaban J connectivity index is 2.05. The number of nitrogens with one attached hydrogen (secondary N) is 1. The fourth-order valence-electron chi connectivity index (χ4n) is 1.53. The lowest BCUT2D eigenvalue weighted by Crippen LogP contribution is -1.93. The number of hydrogen-bond acceptors (Lipinski definition) is 2. The number of aryl methyl sites for hydroxylation is 2. The number of benzene rings is 1. The van der Waals surface area contributed by atoms with E-state index in [4.69, 9.17) is 5.73 Å². The molecule has 0 amide bonds. The summed E-state index contributed by atoms with van der Waals surface area (Å²) in [7, 11) is 0. The normalized spacial score (nSPS) is 10.6. The summed E-state index contributed by atoms with van der Waals surface area (Å²) >= 11 is 3.31. The molecular formula is C11H11BrFN3. The van der Waals surface area contributed by atoms with Gasteiger partial charge in [-0.3, -0.25) is 0 Å². The Bertz CT molecular complexity index is 496. The molecule has 1 heterocycles. The van der Waals surface area contributed by atoms with E-state index in [0.29, 0.717) is 5.95 Å². The molecule has 5 heteroatoms. The number of nitrogens with two attached hydrogens (primary N) is 1. The monoisotopic (exact) mass is 283 g/mol. The fourth-order valence-corrected chi connectivity index (χ4v) is 2.02. The molecule has 3 N–H and O–H groups in total. The van der Waals surface area contributed by atoms with Crippen molar-refractivity contribution in [1.29, 1.82) is 0 Å². The molecule has 1 aromatic carbocycles. The van der Waals surface area contributed by atoms with Crippen LogP contribution in [0.4, 0.5) is 10.3 Å². The summed E-state index contributed by atoms with van der Waals surface area (Å²) < 4.78 is 13.7. The first-order valence-corrected chi connectivity index (χ1v) is 5.69. The molecule has 3 nitrogen and oxygen atoms in total. The summed E-state index contributed by atoms with van der Waals surface area (Å²) in [5, 5.41) is 0. The number of H-pyrrole nitrogens is 1.